The second-order valence-corrected chi connectivity index (χ2v) is 17.1. The van der Waals surface area contributed by atoms with Gasteiger partial charge in [-0.1, -0.05) is 58.9 Å². The van der Waals surface area contributed by atoms with E-state index in [-0.39, 0.29) is 16.9 Å². The van der Waals surface area contributed by atoms with E-state index in [0.717, 1.165) is 17.6 Å². The van der Waals surface area contributed by atoms with Crippen LogP contribution in [0.2, 0.25) is 18.1 Å². The van der Waals surface area contributed by atoms with Crippen molar-refractivity contribution in [3.05, 3.63) is 35.5 Å². The van der Waals surface area contributed by atoms with E-state index in [0.29, 0.717) is 36.0 Å². The van der Waals surface area contributed by atoms with Crippen LogP contribution in [0.1, 0.15) is 79.6 Å². The molecule has 32 heavy (non-hydrogen) atoms. The quantitative estimate of drug-likeness (QED) is 0.324. The number of fused-ring (bicyclic) bond motifs is 1. The highest BCUT2D eigenvalue weighted by atomic mass is 28.4. The van der Waals surface area contributed by atoms with Gasteiger partial charge in [-0.05, 0) is 68.8 Å². The fourth-order valence-electron chi connectivity index (χ4n) is 6.17. The average molecular weight is 453 g/mol. The lowest BCUT2D eigenvalue weighted by molar-refractivity contribution is -0.120. The number of carbonyl (C=O) groups excluding carboxylic acids is 1. The van der Waals surface area contributed by atoms with Crippen molar-refractivity contribution in [1.82, 2.24) is 0 Å². The Balaban J connectivity index is 1.82. The zero-order valence-electron chi connectivity index (χ0n) is 21.5. The number of rotatable bonds is 4. The molecule has 0 aromatic heterocycles. The van der Waals surface area contributed by atoms with Crippen molar-refractivity contribution < 1.29 is 9.22 Å². The first-order chi connectivity index (χ1) is 14.8. The van der Waals surface area contributed by atoms with Crippen LogP contribution in [0.15, 0.2) is 35.5 Å². The molecule has 0 N–H and O–H groups in total. The summed E-state index contributed by atoms with van der Waals surface area (Å²) in [7, 11) is -1.97. The number of allylic oxidation sites excluding steroid dienone is 3. The molecular formula is C29H44O2Si-. The monoisotopic (exact) mass is 452 g/mol. The van der Waals surface area contributed by atoms with Gasteiger partial charge in [0.25, 0.3) is 0 Å². The molecule has 0 aliphatic heterocycles. The van der Waals surface area contributed by atoms with Crippen LogP contribution in [0.4, 0.5) is 0 Å². The van der Waals surface area contributed by atoms with Crippen LogP contribution in [-0.2, 0) is 9.22 Å². The smallest absolute Gasteiger partial charge is 0.140 e. The molecule has 0 unspecified atom stereocenters. The van der Waals surface area contributed by atoms with Gasteiger partial charge in [0.1, 0.15) is 5.78 Å². The number of hydrogen-bond donors (Lipinski definition) is 0. The minimum atomic E-state index is -1.97. The highest BCUT2D eigenvalue weighted by Crippen LogP contribution is 2.59. The molecule has 0 bridgehead atoms. The third-order valence-electron chi connectivity index (χ3n) is 9.25. The highest BCUT2D eigenvalue weighted by molar-refractivity contribution is 6.74. The maximum atomic E-state index is 12.6. The van der Waals surface area contributed by atoms with Crippen molar-refractivity contribution in [1.29, 1.82) is 0 Å². The SMILES string of the molecule is C#C[C@H](C)[C@H]1CC[C@H]2/C(=C/C=C3\CC(=O)C[C@H](O[Si-](C)(C)C(C)(C)C)C3=C)CCC[C@]12C. The molecule has 3 aliphatic carbocycles. The molecule has 0 spiro atoms. The molecule has 0 amide bonds. The molecule has 2 nitrogen and oxygen atoms in total. The lowest BCUT2D eigenvalue weighted by atomic mass is 9.61. The second kappa shape index (κ2) is 9.11. The normalized spacial score (nSPS) is 35.1. The van der Waals surface area contributed by atoms with Crippen molar-refractivity contribution in [3.63, 3.8) is 0 Å². The Morgan fingerprint density at radius 1 is 1.28 bits per heavy atom. The minimum absolute atomic E-state index is 0.112. The van der Waals surface area contributed by atoms with Gasteiger partial charge in [-0.2, -0.15) is 0 Å². The number of terminal acetylenes is 1. The molecule has 3 aliphatic rings. The van der Waals surface area contributed by atoms with Crippen molar-refractivity contribution >= 4 is 14.1 Å². The first kappa shape index (κ1) is 25.3. The van der Waals surface area contributed by atoms with Crippen LogP contribution < -0.4 is 0 Å². The Morgan fingerprint density at radius 2 is 1.97 bits per heavy atom. The second-order valence-electron chi connectivity index (χ2n) is 12.3. The summed E-state index contributed by atoms with van der Waals surface area (Å²) in [6, 6.07) is 0. The van der Waals surface area contributed by atoms with Gasteiger partial charge in [-0.15, -0.1) is 30.5 Å². The molecule has 0 aromatic carbocycles. The Morgan fingerprint density at radius 3 is 2.59 bits per heavy atom. The highest BCUT2D eigenvalue weighted by Gasteiger charge is 2.50. The molecular weight excluding hydrogens is 408 g/mol. The maximum absolute atomic E-state index is 12.6. The van der Waals surface area contributed by atoms with E-state index in [1.54, 1.807) is 5.57 Å². The fourth-order valence-corrected chi connectivity index (χ4v) is 7.46. The summed E-state index contributed by atoms with van der Waals surface area (Å²) in [5.74, 6) is 4.85. The molecule has 3 fully saturated rings. The predicted molar refractivity (Wildman–Crippen MR) is 138 cm³/mol. The Kier molecular flexibility index (Phi) is 7.19. The van der Waals surface area contributed by atoms with Crippen LogP contribution in [0.3, 0.4) is 0 Å². The molecule has 0 saturated heterocycles. The van der Waals surface area contributed by atoms with Gasteiger partial charge >= 0.3 is 0 Å². The summed E-state index contributed by atoms with van der Waals surface area (Å²) >= 11 is 0. The van der Waals surface area contributed by atoms with Crippen LogP contribution in [0, 0.1) is 35.5 Å². The third kappa shape index (κ3) is 4.78. The van der Waals surface area contributed by atoms with E-state index >= 15 is 0 Å². The molecule has 3 heteroatoms. The van der Waals surface area contributed by atoms with E-state index < -0.39 is 8.32 Å². The van der Waals surface area contributed by atoms with Crippen molar-refractivity contribution in [2.24, 2.45) is 23.2 Å². The fraction of sp³-hybridized carbons (Fsp3) is 0.690. The summed E-state index contributed by atoms with van der Waals surface area (Å²) in [5.41, 5.74) is 3.93. The predicted octanol–water partition coefficient (Wildman–Crippen LogP) is 7.63. The topological polar surface area (TPSA) is 26.3 Å². The minimum Gasteiger partial charge on any atom is -0.559 e. The van der Waals surface area contributed by atoms with Gasteiger partial charge in [0.05, 0.1) is 0 Å². The largest absolute Gasteiger partial charge is 0.559 e. The van der Waals surface area contributed by atoms with Crippen LogP contribution >= 0.6 is 0 Å². The van der Waals surface area contributed by atoms with E-state index in [1.807, 2.05) is 0 Å². The van der Waals surface area contributed by atoms with Crippen LogP contribution in [0.5, 0.6) is 0 Å². The first-order valence-electron chi connectivity index (χ1n) is 12.5. The standard InChI is InChI=1S/C29H44O2Si/c1-10-20(2)25-15-16-26-22(12-11-17-29(25,26)7)13-14-23-18-24(30)19-27(21(23)3)31-32(8,9)28(4,5)6/h1,13-14,20,25-27H,3,11-12,15-19H2,2,4-9H3/q-1/b22-13+,23-14+/t20-,25+,26-,27-,29+/m0/s1. The number of ketones is 1. The molecule has 0 radical (unpaired) electrons. The molecule has 177 valence electrons. The number of Topliss-reactive ketones (excluding diaryl/α,β-unsaturated/α-hetero) is 1. The van der Waals surface area contributed by atoms with E-state index in [2.05, 4.69) is 72.4 Å². The number of hydrogen-bond acceptors (Lipinski definition) is 2. The number of carbonyl (C=O) groups is 1. The van der Waals surface area contributed by atoms with Crippen molar-refractivity contribution in [2.75, 3.05) is 0 Å². The average Bonchev–Trinajstić information content (AvgIpc) is 3.05. The summed E-state index contributed by atoms with van der Waals surface area (Å²) in [4.78, 5) is 12.6. The van der Waals surface area contributed by atoms with Gasteiger partial charge in [0.15, 0.2) is 0 Å². The summed E-state index contributed by atoms with van der Waals surface area (Å²) in [5, 5.41) is 0.112. The van der Waals surface area contributed by atoms with Crippen molar-refractivity contribution in [2.45, 2.75) is 104 Å². The molecule has 3 saturated carbocycles. The van der Waals surface area contributed by atoms with Gasteiger partial charge in [0, 0.05) is 24.9 Å². The summed E-state index contributed by atoms with van der Waals surface area (Å²) < 4.78 is 6.62. The van der Waals surface area contributed by atoms with Gasteiger partial charge in [-0.25, -0.2) is 0 Å². The van der Waals surface area contributed by atoms with Gasteiger partial charge < -0.3 is 4.43 Å². The Bertz CT molecular complexity index is 863. The zero-order valence-corrected chi connectivity index (χ0v) is 22.5. The van der Waals surface area contributed by atoms with Crippen LogP contribution in [-0.4, -0.2) is 20.2 Å². The summed E-state index contributed by atoms with van der Waals surface area (Å²) in [6.07, 6.45) is 17.2. The molecule has 0 aromatic rings. The Labute approximate surface area is 198 Å². The van der Waals surface area contributed by atoms with Gasteiger partial charge in [0.2, 0.25) is 0 Å². The first-order valence-corrected chi connectivity index (χ1v) is 15.5. The van der Waals surface area contributed by atoms with Gasteiger partial charge in [-0.3, -0.25) is 4.79 Å². The zero-order chi connectivity index (χ0) is 23.9. The lowest BCUT2D eigenvalue weighted by Gasteiger charge is -2.51. The van der Waals surface area contributed by atoms with E-state index in [9.17, 15) is 4.79 Å². The third-order valence-corrected chi connectivity index (χ3v) is 13.7. The van der Waals surface area contributed by atoms with E-state index in [1.165, 1.54) is 25.7 Å². The van der Waals surface area contributed by atoms with Crippen LogP contribution in [0.25, 0.3) is 0 Å². The molecule has 3 rings (SSSR count). The molecule has 0 heterocycles. The van der Waals surface area contributed by atoms with Crippen molar-refractivity contribution in [3.8, 4) is 12.3 Å². The lowest BCUT2D eigenvalue weighted by Crippen LogP contribution is -2.45. The van der Waals surface area contributed by atoms with E-state index in [4.69, 9.17) is 10.8 Å². The summed E-state index contributed by atoms with van der Waals surface area (Å²) in [6.45, 7) is 20.3. The molecule has 5 atom stereocenters. The Hall–Kier alpha value is -1.37. The maximum Gasteiger partial charge on any atom is 0.140 e.